The fraction of sp³-hybridized carbons (Fsp3) is 0.125. The first kappa shape index (κ1) is 15.0. The number of nitrogens with one attached hydrogen (secondary N) is 1. The lowest BCUT2D eigenvalue weighted by molar-refractivity contribution is 0.627. The average molecular weight is 331 g/mol. The third kappa shape index (κ3) is 4.05. The summed E-state index contributed by atoms with van der Waals surface area (Å²) in [4.78, 5) is 0. The molecule has 1 N–H and O–H groups in total. The predicted molar refractivity (Wildman–Crippen MR) is 90.3 cm³/mol. The van der Waals surface area contributed by atoms with E-state index in [0.717, 1.165) is 26.5 Å². The van der Waals surface area contributed by atoms with Gasteiger partial charge in [-0.15, -0.1) is 10.2 Å². The highest BCUT2D eigenvalue weighted by Crippen LogP contribution is 2.30. The van der Waals surface area contributed by atoms with Crippen LogP contribution in [0.15, 0.2) is 52.9 Å². The number of halogens is 1. The van der Waals surface area contributed by atoms with Gasteiger partial charge < -0.3 is 5.32 Å². The molecule has 0 amide bonds. The van der Waals surface area contributed by atoms with Crippen molar-refractivity contribution in [2.75, 3.05) is 5.32 Å². The lowest BCUT2D eigenvalue weighted by Crippen LogP contribution is -1.89. The van der Waals surface area contributed by atoms with E-state index >= 15 is 0 Å². The second-order valence-corrected chi connectivity index (χ2v) is 6.98. The SMILES string of the molecule is Cc1cccc(Nc2nnc(SCc3ccc(F)cc3)s2)c1. The first-order chi connectivity index (χ1) is 10.7. The minimum atomic E-state index is -0.214. The predicted octanol–water partition coefficient (Wildman–Crippen LogP) is 5.02. The molecule has 0 aliphatic heterocycles. The summed E-state index contributed by atoms with van der Waals surface area (Å²) in [6.07, 6.45) is 0. The molecule has 112 valence electrons. The lowest BCUT2D eigenvalue weighted by atomic mass is 10.2. The Morgan fingerprint density at radius 1 is 1.14 bits per heavy atom. The van der Waals surface area contributed by atoms with Gasteiger partial charge in [-0.05, 0) is 42.3 Å². The molecule has 1 heterocycles. The van der Waals surface area contributed by atoms with Gasteiger partial charge in [0.2, 0.25) is 5.13 Å². The van der Waals surface area contributed by atoms with E-state index in [2.05, 4.69) is 34.6 Å². The van der Waals surface area contributed by atoms with Crippen molar-refractivity contribution in [3.05, 3.63) is 65.5 Å². The minimum absolute atomic E-state index is 0.214. The fourth-order valence-corrected chi connectivity index (χ4v) is 3.62. The largest absolute Gasteiger partial charge is 0.330 e. The Bertz CT molecular complexity index is 756. The van der Waals surface area contributed by atoms with Gasteiger partial charge in [-0.3, -0.25) is 0 Å². The number of thioether (sulfide) groups is 1. The van der Waals surface area contributed by atoms with Gasteiger partial charge in [0.05, 0.1) is 0 Å². The minimum Gasteiger partial charge on any atom is -0.330 e. The van der Waals surface area contributed by atoms with E-state index in [1.165, 1.54) is 29.0 Å². The Morgan fingerprint density at radius 3 is 2.73 bits per heavy atom. The van der Waals surface area contributed by atoms with Crippen molar-refractivity contribution in [2.24, 2.45) is 0 Å². The summed E-state index contributed by atoms with van der Waals surface area (Å²) < 4.78 is 13.7. The molecule has 0 unspecified atom stereocenters. The van der Waals surface area contributed by atoms with E-state index in [1.807, 2.05) is 12.1 Å². The van der Waals surface area contributed by atoms with Gasteiger partial charge in [-0.2, -0.15) is 0 Å². The zero-order valence-corrected chi connectivity index (χ0v) is 13.5. The fourth-order valence-electron chi connectivity index (χ4n) is 1.89. The maximum absolute atomic E-state index is 12.9. The molecule has 0 fully saturated rings. The molecule has 0 radical (unpaired) electrons. The Balaban J connectivity index is 1.60. The highest BCUT2D eigenvalue weighted by Gasteiger charge is 2.06. The zero-order chi connectivity index (χ0) is 15.4. The molecule has 0 saturated heterocycles. The summed E-state index contributed by atoms with van der Waals surface area (Å²) in [5.41, 5.74) is 3.27. The number of hydrogen-bond donors (Lipinski definition) is 1. The van der Waals surface area contributed by atoms with Crippen LogP contribution < -0.4 is 5.32 Å². The van der Waals surface area contributed by atoms with Gasteiger partial charge in [0.1, 0.15) is 5.82 Å². The van der Waals surface area contributed by atoms with E-state index < -0.39 is 0 Å². The Hall–Kier alpha value is -1.92. The second kappa shape index (κ2) is 6.89. The Morgan fingerprint density at radius 2 is 1.95 bits per heavy atom. The molecule has 0 aliphatic rings. The van der Waals surface area contributed by atoms with Crippen LogP contribution in [0.25, 0.3) is 0 Å². The third-order valence-electron chi connectivity index (χ3n) is 2.95. The van der Waals surface area contributed by atoms with E-state index in [4.69, 9.17) is 0 Å². The van der Waals surface area contributed by atoms with Crippen LogP contribution in [0.4, 0.5) is 15.2 Å². The Kier molecular flexibility index (Phi) is 4.70. The van der Waals surface area contributed by atoms with Crippen LogP contribution >= 0.6 is 23.1 Å². The van der Waals surface area contributed by atoms with Crippen molar-refractivity contribution in [3.8, 4) is 0 Å². The molecule has 3 aromatic rings. The molecule has 2 aromatic carbocycles. The number of anilines is 2. The van der Waals surface area contributed by atoms with Gasteiger partial charge in [-0.1, -0.05) is 47.4 Å². The first-order valence-corrected chi connectivity index (χ1v) is 8.54. The van der Waals surface area contributed by atoms with E-state index in [1.54, 1.807) is 23.9 Å². The van der Waals surface area contributed by atoms with E-state index in [9.17, 15) is 4.39 Å². The van der Waals surface area contributed by atoms with Crippen molar-refractivity contribution < 1.29 is 4.39 Å². The molecule has 0 aliphatic carbocycles. The maximum atomic E-state index is 12.9. The molecule has 6 heteroatoms. The van der Waals surface area contributed by atoms with Gasteiger partial charge in [-0.25, -0.2) is 4.39 Å². The molecule has 22 heavy (non-hydrogen) atoms. The topological polar surface area (TPSA) is 37.8 Å². The van der Waals surface area contributed by atoms with Gasteiger partial charge in [0.15, 0.2) is 4.34 Å². The van der Waals surface area contributed by atoms with Crippen molar-refractivity contribution in [1.29, 1.82) is 0 Å². The smallest absolute Gasteiger partial charge is 0.210 e. The number of benzene rings is 2. The molecule has 3 rings (SSSR count). The summed E-state index contributed by atoms with van der Waals surface area (Å²) in [6.45, 7) is 2.05. The van der Waals surface area contributed by atoms with Crippen molar-refractivity contribution in [3.63, 3.8) is 0 Å². The van der Waals surface area contributed by atoms with Crippen LogP contribution in [-0.2, 0) is 5.75 Å². The average Bonchev–Trinajstić information content (AvgIpc) is 2.94. The highest BCUT2D eigenvalue weighted by atomic mass is 32.2. The third-order valence-corrected chi connectivity index (χ3v) is 4.99. The quantitative estimate of drug-likeness (QED) is 0.666. The Labute approximate surface area is 136 Å². The van der Waals surface area contributed by atoms with Gasteiger partial charge in [0.25, 0.3) is 0 Å². The van der Waals surface area contributed by atoms with Crippen LogP contribution in [0, 0.1) is 12.7 Å². The van der Waals surface area contributed by atoms with Crippen molar-refractivity contribution in [1.82, 2.24) is 10.2 Å². The highest BCUT2D eigenvalue weighted by molar-refractivity contribution is 8.00. The molecular weight excluding hydrogens is 317 g/mol. The van der Waals surface area contributed by atoms with E-state index in [0.29, 0.717) is 0 Å². The number of aromatic nitrogens is 2. The molecule has 3 nitrogen and oxygen atoms in total. The van der Waals surface area contributed by atoms with Crippen LogP contribution in [0.5, 0.6) is 0 Å². The van der Waals surface area contributed by atoms with Crippen molar-refractivity contribution >= 4 is 33.9 Å². The molecule has 0 saturated carbocycles. The maximum Gasteiger partial charge on any atom is 0.210 e. The van der Waals surface area contributed by atoms with Gasteiger partial charge >= 0.3 is 0 Å². The summed E-state index contributed by atoms with van der Waals surface area (Å²) in [5, 5.41) is 12.3. The molecule has 0 bridgehead atoms. The van der Waals surface area contributed by atoms with Gasteiger partial charge in [0, 0.05) is 11.4 Å². The molecule has 0 atom stereocenters. The zero-order valence-electron chi connectivity index (χ0n) is 11.9. The monoisotopic (exact) mass is 331 g/mol. The number of nitrogens with zero attached hydrogens (tertiary/aromatic N) is 2. The van der Waals surface area contributed by atoms with Crippen LogP contribution in [-0.4, -0.2) is 10.2 Å². The van der Waals surface area contributed by atoms with Crippen LogP contribution in [0.2, 0.25) is 0 Å². The van der Waals surface area contributed by atoms with Crippen molar-refractivity contribution in [2.45, 2.75) is 17.0 Å². The van der Waals surface area contributed by atoms with Crippen LogP contribution in [0.1, 0.15) is 11.1 Å². The summed E-state index contributed by atoms with van der Waals surface area (Å²) in [7, 11) is 0. The number of aryl methyl sites for hydroxylation is 1. The molecular formula is C16H14FN3S2. The lowest BCUT2D eigenvalue weighted by Gasteiger charge is -2.02. The standard InChI is InChI=1S/C16H14FN3S2/c1-11-3-2-4-14(9-11)18-15-19-20-16(22-15)21-10-12-5-7-13(17)8-6-12/h2-9H,10H2,1H3,(H,18,19). The summed E-state index contributed by atoms with van der Waals surface area (Å²) in [5.74, 6) is 0.536. The molecule has 0 spiro atoms. The number of hydrogen-bond acceptors (Lipinski definition) is 5. The normalized spacial score (nSPS) is 10.6. The van der Waals surface area contributed by atoms with Crippen LogP contribution in [0.3, 0.4) is 0 Å². The molecule has 1 aromatic heterocycles. The second-order valence-electron chi connectivity index (χ2n) is 4.78. The number of rotatable bonds is 5. The summed E-state index contributed by atoms with van der Waals surface area (Å²) in [6, 6.07) is 14.6. The summed E-state index contributed by atoms with van der Waals surface area (Å²) >= 11 is 3.11. The van der Waals surface area contributed by atoms with E-state index in [-0.39, 0.29) is 5.82 Å². The first-order valence-electron chi connectivity index (χ1n) is 6.73.